The maximum absolute atomic E-state index is 4.24. The summed E-state index contributed by atoms with van der Waals surface area (Å²) in [7, 11) is 0. The summed E-state index contributed by atoms with van der Waals surface area (Å²) in [5, 5.41) is 0. The van der Waals surface area contributed by atoms with Gasteiger partial charge in [0.05, 0.1) is 0 Å². The fraction of sp³-hybridized carbons (Fsp3) is 0.147. The molecule has 0 aliphatic heterocycles. The van der Waals surface area contributed by atoms with Crippen LogP contribution in [0, 0.1) is 0 Å². The summed E-state index contributed by atoms with van der Waals surface area (Å²) in [6.45, 7) is 4.70. The Morgan fingerprint density at radius 2 is 1.03 bits per heavy atom. The lowest BCUT2D eigenvalue weighted by atomic mass is 9.64. The fourth-order valence-electron chi connectivity index (χ4n) is 5.97. The van der Waals surface area contributed by atoms with Crippen LogP contribution in [0.2, 0.25) is 0 Å². The van der Waals surface area contributed by atoms with Gasteiger partial charge in [-0.15, -0.1) is 0 Å². The highest BCUT2D eigenvalue weighted by Gasteiger charge is 2.37. The molecule has 0 radical (unpaired) electrons. The minimum Gasteiger partial charge on any atom is -0.265 e. The summed E-state index contributed by atoms with van der Waals surface area (Å²) in [4.78, 5) is 4.24. The van der Waals surface area contributed by atoms with Crippen LogP contribution >= 0.6 is 0 Å². The molecule has 0 saturated carbocycles. The van der Waals surface area contributed by atoms with Gasteiger partial charge in [-0.25, -0.2) is 0 Å². The molecule has 0 saturated heterocycles. The zero-order valence-electron chi connectivity index (χ0n) is 20.2. The number of hydrogen-bond acceptors (Lipinski definition) is 1. The molecule has 0 spiro atoms. The highest BCUT2D eigenvalue weighted by molar-refractivity contribution is 5.60. The Hall–Kier alpha value is -3.97. The van der Waals surface area contributed by atoms with Gasteiger partial charge in [0.25, 0.3) is 0 Å². The molecule has 1 aliphatic rings. The molecular weight excluding hydrogens is 422 g/mol. The lowest BCUT2D eigenvalue weighted by Crippen LogP contribution is -2.29. The second kappa shape index (κ2) is 8.67. The molecule has 0 bridgehead atoms. The third kappa shape index (κ3) is 3.68. The lowest BCUT2D eigenvalue weighted by Gasteiger charge is -2.39. The van der Waals surface area contributed by atoms with Crippen LogP contribution in [-0.2, 0) is 5.41 Å². The third-order valence-electron chi connectivity index (χ3n) is 7.67. The van der Waals surface area contributed by atoms with Crippen LogP contribution in [0.1, 0.15) is 70.2 Å². The summed E-state index contributed by atoms with van der Waals surface area (Å²) >= 11 is 0. The summed E-state index contributed by atoms with van der Waals surface area (Å²) < 4.78 is 0. The van der Waals surface area contributed by atoms with Crippen molar-refractivity contribution in [3.8, 4) is 0 Å². The van der Waals surface area contributed by atoms with E-state index in [2.05, 4.69) is 134 Å². The number of fused-ring (bicyclic) bond motifs is 2. The van der Waals surface area contributed by atoms with Gasteiger partial charge in [-0.05, 0) is 56.6 Å². The van der Waals surface area contributed by atoms with E-state index in [4.69, 9.17) is 0 Å². The predicted octanol–water partition coefficient (Wildman–Crippen LogP) is 8.08. The average Bonchev–Trinajstić information content (AvgIpc) is 2.91. The quantitative estimate of drug-likeness (QED) is 0.269. The Balaban J connectivity index is 1.47. The second-order valence-corrected chi connectivity index (χ2v) is 10.0. The Kier molecular flexibility index (Phi) is 5.34. The van der Waals surface area contributed by atoms with Crippen LogP contribution < -0.4 is 0 Å². The maximum atomic E-state index is 4.24. The Labute approximate surface area is 208 Å². The van der Waals surface area contributed by atoms with Gasteiger partial charge in [-0.3, -0.25) is 4.98 Å². The minimum absolute atomic E-state index is 0.0105. The summed E-state index contributed by atoms with van der Waals surface area (Å²) in [6.07, 6.45) is 3.77. The van der Waals surface area contributed by atoms with Crippen molar-refractivity contribution in [2.24, 2.45) is 0 Å². The fourth-order valence-corrected chi connectivity index (χ4v) is 5.97. The monoisotopic (exact) mass is 451 g/mol. The second-order valence-electron chi connectivity index (χ2n) is 10.0. The van der Waals surface area contributed by atoms with Gasteiger partial charge < -0.3 is 0 Å². The zero-order valence-corrected chi connectivity index (χ0v) is 20.2. The van der Waals surface area contributed by atoms with Crippen molar-refractivity contribution in [1.29, 1.82) is 0 Å². The topological polar surface area (TPSA) is 12.9 Å². The Bertz CT molecular complexity index is 1360. The van der Waals surface area contributed by atoms with Crippen molar-refractivity contribution in [3.05, 3.63) is 172 Å². The molecule has 170 valence electrons. The molecule has 1 atom stereocenters. The van der Waals surface area contributed by atoms with Crippen LogP contribution in [0.15, 0.2) is 128 Å². The number of aromatic nitrogens is 1. The number of nitrogens with zero attached hydrogens (tertiary/aromatic N) is 1. The van der Waals surface area contributed by atoms with Gasteiger partial charge in [-0.2, -0.15) is 0 Å². The first-order chi connectivity index (χ1) is 17.1. The van der Waals surface area contributed by atoms with Crippen LogP contribution in [0.3, 0.4) is 0 Å². The minimum atomic E-state index is -0.0105. The molecular formula is C34H29N. The van der Waals surface area contributed by atoms with Crippen molar-refractivity contribution in [1.82, 2.24) is 4.98 Å². The van der Waals surface area contributed by atoms with Gasteiger partial charge in [-0.1, -0.05) is 117 Å². The molecule has 0 fully saturated rings. The SMILES string of the molecule is CC1(C)c2ccccc2C(c2ccc(C(c3ccccc3)c3ccncc3)cc2)c2ccccc21. The van der Waals surface area contributed by atoms with E-state index >= 15 is 0 Å². The van der Waals surface area contributed by atoms with Gasteiger partial charge in [0.15, 0.2) is 0 Å². The van der Waals surface area contributed by atoms with E-state index < -0.39 is 0 Å². The molecule has 0 amide bonds. The third-order valence-corrected chi connectivity index (χ3v) is 7.67. The summed E-state index contributed by atoms with van der Waals surface area (Å²) in [6, 6.07) is 42.3. The first kappa shape index (κ1) is 21.6. The average molecular weight is 452 g/mol. The lowest BCUT2D eigenvalue weighted by molar-refractivity contribution is 0.597. The Morgan fingerprint density at radius 3 is 1.63 bits per heavy atom. The van der Waals surface area contributed by atoms with Crippen molar-refractivity contribution in [3.63, 3.8) is 0 Å². The molecule has 0 N–H and O–H groups in total. The van der Waals surface area contributed by atoms with Crippen LogP contribution in [-0.4, -0.2) is 4.98 Å². The first-order valence-electron chi connectivity index (χ1n) is 12.4. The number of hydrogen-bond donors (Lipinski definition) is 0. The molecule has 1 unspecified atom stereocenters. The van der Waals surface area contributed by atoms with E-state index in [0.29, 0.717) is 0 Å². The van der Waals surface area contributed by atoms with E-state index in [9.17, 15) is 0 Å². The van der Waals surface area contributed by atoms with Gasteiger partial charge in [0.1, 0.15) is 0 Å². The normalized spacial score (nSPS) is 15.1. The molecule has 1 heterocycles. The highest BCUT2D eigenvalue weighted by atomic mass is 14.6. The van der Waals surface area contributed by atoms with Crippen molar-refractivity contribution in [2.45, 2.75) is 31.1 Å². The molecule has 1 heteroatoms. The summed E-state index contributed by atoms with van der Waals surface area (Å²) in [5.41, 5.74) is 10.8. The smallest absolute Gasteiger partial charge is 0.0346 e. The van der Waals surface area contributed by atoms with E-state index in [1.807, 2.05) is 12.4 Å². The molecule has 1 nitrogen and oxygen atoms in total. The predicted molar refractivity (Wildman–Crippen MR) is 144 cm³/mol. The maximum Gasteiger partial charge on any atom is 0.0346 e. The van der Waals surface area contributed by atoms with Crippen molar-refractivity contribution < 1.29 is 0 Å². The van der Waals surface area contributed by atoms with Crippen LogP contribution in [0.25, 0.3) is 0 Å². The van der Waals surface area contributed by atoms with E-state index in [-0.39, 0.29) is 17.3 Å². The van der Waals surface area contributed by atoms with Gasteiger partial charge >= 0.3 is 0 Å². The number of pyridine rings is 1. The highest BCUT2D eigenvalue weighted by Crippen LogP contribution is 2.49. The molecule has 4 aromatic carbocycles. The van der Waals surface area contributed by atoms with Crippen LogP contribution in [0.4, 0.5) is 0 Å². The molecule has 35 heavy (non-hydrogen) atoms. The van der Waals surface area contributed by atoms with E-state index in [0.717, 1.165) is 0 Å². The number of rotatable bonds is 4. The molecule has 5 aromatic rings. The zero-order chi connectivity index (χ0) is 23.8. The molecule has 6 rings (SSSR count). The van der Waals surface area contributed by atoms with Crippen LogP contribution in [0.5, 0.6) is 0 Å². The standard InChI is InChI=1S/C34H29N/c1-34(2)30-14-8-6-12-28(30)33(29-13-7-9-15-31(29)34)26-18-16-25(17-19-26)32(24-10-4-3-5-11-24)27-20-22-35-23-21-27/h3-23,32-33H,1-2H3. The van der Waals surface area contributed by atoms with Crippen molar-refractivity contribution >= 4 is 0 Å². The molecule has 1 aliphatic carbocycles. The van der Waals surface area contributed by atoms with Gasteiger partial charge in [0, 0.05) is 29.6 Å². The summed E-state index contributed by atoms with van der Waals surface area (Å²) in [5.74, 6) is 0.415. The van der Waals surface area contributed by atoms with E-state index in [1.54, 1.807) is 0 Å². The number of benzene rings is 4. The largest absolute Gasteiger partial charge is 0.265 e. The van der Waals surface area contributed by atoms with Gasteiger partial charge in [0.2, 0.25) is 0 Å². The van der Waals surface area contributed by atoms with Crippen molar-refractivity contribution in [2.75, 3.05) is 0 Å². The van der Waals surface area contributed by atoms with E-state index in [1.165, 1.54) is 44.5 Å². The first-order valence-corrected chi connectivity index (χ1v) is 12.4. The molecule has 1 aromatic heterocycles. The Morgan fingerprint density at radius 1 is 0.543 bits per heavy atom.